The van der Waals surface area contributed by atoms with E-state index in [-0.39, 0.29) is 19.8 Å². The molecule has 13 heteroatoms. The number of nitroso groups, excluding NO2 is 1. The summed E-state index contributed by atoms with van der Waals surface area (Å²) in [5.41, 5.74) is -0.507. The van der Waals surface area contributed by atoms with Gasteiger partial charge in [0.1, 0.15) is 6.04 Å². The summed E-state index contributed by atoms with van der Waals surface area (Å²) >= 11 is 0. The number of aliphatic hydroxyl groups excluding tert-OH is 2. The highest BCUT2D eigenvalue weighted by atomic mass is 16.5. The number of methoxy groups -OCH3 is 1. The SMILES string of the molecule is CCC(COCC(O)CN1CCOCC1)(COCC(O)CN1CCOCC1)COCC(CN(C)CCOC)N=O. The van der Waals surface area contributed by atoms with E-state index in [0.717, 1.165) is 26.2 Å². The van der Waals surface area contributed by atoms with E-state index in [1.165, 1.54) is 0 Å². The molecule has 0 saturated carbocycles. The van der Waals surface area contributed by atoms with Gasteiger partial charge >= 0.3 is 0 Å². The number of nitrogens with zero attached hydrogens (tertiary/aromatic N) is 4. The topological polar surface area (TPSA) is 135 Å². The molecule has 0 radical (unpaired) electrons. The third-order valence-electron chi connectivity index (χ3n) is 7.40. The first kappa shape index (κ1) is 35.4. The lowest BCUT2D eigenvalue weighted by Crippen LogP contribution is -2.44. The van der Waals surface area contributed by atoms with Crippen LogP contribution in [0, 0.1) is 10.3 Å². The molecule has 2 heterocycles. The van der Waals surface area contributed by atoms with Crippen LogP contribution in [-0.4, -0.2) is 182 Å². The number of likely N-dealkylation sites (N-methyl/N-ethyl adjacent to an activating group) is 1. The Bertz CT molecular complexity index is 607. The van der Waals surface area contributed by atoms with E-state index in [9.17, 15) is 15.1 Å². The number of hydrogen-bond acceptors (Lipinski definition) is 13. The summed E-state index contributed by atoms with van der Waals surface area (Å²) in [6.07, 6.45) is -0.536. The largest absolute Gasteiger partial charge is 0.389 e. The zero-order valence-corrected chi connectivity index (χ0v) is 24.9. The summed E-state index contributed by atoms with van der Waals surface area (Å²) < 4.78 is 33.9. The van der Waals surface area contributed by atoms with Crippen LogP contribution < -0.4 is 0 Å². The minimum Gasteiger partial charge on any atom is -0.389 e. The maximum absolute atomic E-state index is 11.4. The first-order valence-corrected chi connectivity index (χ1v) is 14.6. The van der Waals surface area contributed by atoms with E-state index in [2.05, 4.69) is 15.0 Å². The monoisotopic (exact) mass is 578 g/mol. The summed E-state index contributed by atoms with van der Waals surface area (Å²) in [5.74, 6) is 0. The molecule has 2 aliphatic rings. The van der Waals surface area contributed by atoms with Crippen LogP contribution in [0.4, 0.5) is 0 Å². The molecule has 2 rings (SSSR count). The van der Waals surface area contributed by atoms with Crippen molar-refractivity contribution in [3.05, 3.63) is 4.91 Å². The van der Waals surface area contributed by atoms with Crippen LogP contribution >= 0.6 is 0 Å². The Morgan fingerprint density at radius 3 is 1.77 bits per heavy atom. The van der Waals surface area contributed by atoms with Crippen LogP contribution in [0.5, 0.6) is 0 Å². The number of ether oxygens (including phenoxy) is 6. The lowest BCUT2D eigenvalue weighted by Gasteiger charge is -2.34. The molecule has 40 heavy (non-hydrogen) atoms. The summed E-state index contributed by atoms with van der Waals surface area (Å²) in [6, 6.07) is -0.510. The molecule has 0 aromatic heterocycles. The van der Waals surface area contributed by atoms with E-state index >= 15 is 0 Å². The number of β-amino-alcohol motifs (C(OH)–C–C–N with tert-alkyl or cyclic N) is 2. The van der Waals surface area contributed by atoms with Crippen molar-refractivity contribution in [1.82, 2.24) is 14.7 Å². The van der Waals surface area contributed by atoms with Gasteiger partial charge in [0.2, 0.25) is 0 Å². The Morgan fingerprint density at radius 2 is 1.35 bits per heavy atom. The van der Waals surface area contributed by atoms with E-state index in [4.69, 9.17) is 28.4 Å². The highest BCUT2D eigenvalue weighted by Gasteiger charge is 2.31. The van der Waals surface area contributed by atoms with E-state index < -0.39 is 23.7 Å². The highest BCUT2D eigenvalue weighted by Crippen LogP contribution is 2.25. The number of hydrogen-bond donors (Lipinski definition) is 2. The van der Waals surface area contributed by atoms with Gasteiger partial charge < -0.3 is 43.5 Å². The van der Waals surface area contributed by atoms with Gasteiger partial charge in [-0.25, -0.2) is 0 Å². The van der Waals surface area contributed by atoms with Gasteiger partial charge in [-0.1, -0.05) is 12.1 Å². The Kier molecular flexibility index (Phi) is 18.5. The third-order valence-corrected chi connectivity index (χ3v) is 7.40. The predicted octanol–water partition coefficient (Wildman–Crippen LogP) is -0.468. The van der Waals surface area contributed by atoms with Crippen molar-refractivity contribution < 1.29 is 38.6 Å². The smallest absolute Gasteiger partial charge is 0.128 e. The first-order valence-electron chi connectivity index (χ1n) is 14.6. The number of aliphatic hydroxyl groups is 2. The molecule has 2 aliphatic heterocycles. The fourth-order valence-corrected chi connectivity index (χ4v) is 4.75. The lowest BCUT2D eigenvalue weighted by atomic mass is 9.88. The molecular formula is C27H54N4O9. The van der Waals surface area contributed by atoms with Crippen LogP contribution in [0.2, 0.25) is 0 Å². The zero-order chi connectivity index (χ0) is 29.1. The van der Waals surface area contributed by atoms with Crippen LogP contribution in [0.3, 0.4) is 0 Å². The van der Waals surface area contributed by atoms with Crippen LogP contribution in [0.15, 0.2) is 5.18 Å². The Labute approximate surface area is 239 Å². The Balaban J connectivity index is 1.86. The molecule has 3 unspecified atom stereocenters. The van der Waals surface area contributed by atoms with Crippen LogP contribution in [0.1, 0.15) is 13.3 Å². The molecule has 2 fully saturated rings. The summed E-state index contributed by atoms with van der Waals surface area (Å²) in [4.78, 5) is 17.8. The van der Waals surface area contributed by atoms with E-state index in [1.807, 2.05) is 18.9 Å². The molecule has 236 valence electrons. The average molecular weight is 579 g/mol. The minimum atomic E-state index is -0.615. The standard InChI is InChI=1S/C27H54N4O9/c1-4-27(21-38-18-24(28-34)15-29(2)5-10-35-3,22-39-19-25(32)16-30-6-11-36-12-7-30)23-40-20-26(33)17-31-8-13-37-14-9-31/h24-26,32-33H,4-23H2,1-3H3. The van der Waals surface area contributed by atoms with Crippen molar-refractivity contribution in [3.8, 4) is 0 Å². The van der Waals surface area contributed by atoms with Crippen LogP contribution in [0.25, 0.3) is 0 Å². The molecule has 13 nitrogen and oxygen atoms in total. The molecule has 0 spiro atoms. The fraction of sp³-hybridized carbons (Fsp3) is 1.00. The lowest BCUT2D eigenvalue weighted by molar-refractivity contribution is -0.0991. The average Bonchev–Trinajstić information content (AvgIpc) is 2.96. The quantitative estimate of drug-likeness (QED) is 0.152. The molecule has 0 aromatic rings. The molecule has 0 aromatic carbocycles. The molecule has 3 atom stereocenters. The van der Waals surface area contributed by atoms with Gasteiger partial charge in [0.05, 0.1) is 84.9 Å². The van der Waals surface area contributed by atoms with Crippen molar-refractivity contribution in [2.45, 2.75) is 31.6 Å². The molecule has 0 bridgehead atoms. The summed E-state index contributed by atoms with van der Waals surface area (Å²) in [7, 11) is 3.56. The third kappa shape index (κ3) is 14.9. The number of rotatable bonds is 23. The molecule has 2 saturated heterocycles. The van der Waals surface area contributed by atoms with Crippen molar-refractivity contribution in [1.29, 1.82) is 0 Å². The first-order chi connectivity index (χ1) is 19.4. The maximum Gasteiger partial charge on any atom is 0.128 e. The van der Waals surface area contributed by atoms with Gasteiger partial charge in [-0.3, -0.25) is 9.80 Å². The second-order valence-corrected chi connectivity index (χ2v) is 11.0. The number of morpholine rings is 2. The second-order valence-electron chi connectivity index (χ2n) is 11.0. The van der Waals surface area contributed by atoms with Gasteiger partial charge in [-0.05, 0) is 13.5 Å². The van der Waals surface area contributed by atoms with Gasteiger partial charge in [0.25, 0.3) is 0 Å². The summed E-state index contributed by atoms with van der Waals surface area (Å²) in [6.45, 7) is 12.3. The normalized spacial score (nSPS) is 21.2. The predicted molar refractivity (Wildman–Crippen MR) is 151 cm³/mol. The second kappa shape index (κ2) is 20.9. The fourth-order valence-electron chi connectivity index (χ4n) is 4.75. The van der Waals surface area contributed by atoms with Crippen molar-refractivity contribution in [2.75, 3.05) is 139 Å². The molecule has 2 N–H and O–H groups in total. The van der Waals surface area contributed by atoms with Gasteiger partial charge in [-0.2, -0.15) is 4.91 Å². The van der Waals surface area contributed by atoms with Crippen LogP contribution in [-0.2, 0) is 28.4 Å². The summed E-state index contributed by atoms with van der Waals surface area (Å²) in [5, 5.41) is 24.3. The van der Waals surface area contributed by atoms with Gasteiger partial charge in [0, 0.05) is 64.9 Å². The minimum absolute atomic E-state index is 0.182. The van der Waals surface area contributed by atoms with E-state index in [0.29, 0.717) is 85.5 Å². The molecule has 0 amide bonds. The van der Waals surface area contributed by atoms with Crippen molar-refractivity contribution in [3.63, 3.8) is 0 Å². The van der Waals surface area contributed by atoms with Crippen molar-refractivity contribution in [2.24, 2.45) is 10.6 Å². The molecule has 0 aliphatic carbocycles. The molecular weight excluding hydrogens is 524 g/mol. The Hall–Kier alpha value is -0.840. The highest BCUT2D eigenvalue weighted by molar-refractivity contribution is 4.80. The van der Waals surface area contributed by atoms with Gasteiger partial charge in [-0.15, -0.1) is 0 Å². The Morgan fingerprint density at radius 1 is 0.875 bits per heavy atom. The maximum atomic E-state index is 11.4. The van der Waals surface area contributed by atoms with Crippen molar-refractivity contribution >= 4 is 0 Å². The van der Waals surface area contributed by atoms with E-state index in [1.54, 1.807) is 7.11 Å². The van der Waals surface area contributed by atoms with Gasteiger partial charge in [0.15, 0.2) is 0 Å². The zero-order valence-electron chi connectivity index (χ0n) is 24.9.